The topological polar surface area (TPSA) is 56.7 Å². The molecule has 2 rings (SSSR count). The fourth-order valence-electron chi connectivity index (χ4n) is 1.11. The third kappa shape index (κ3) is 1.51. The molecule has 0 aliphatic carbocycles. The number of rotatable bonds is 1. The van der Waals surface area contributed by atoms with E-state index in [1.807, 2.05) is 0 Å². The Hall–Kier alpha value is -2.05. The van der Waals surface area contributed by atoms with Gasteiger partial charge >= 0.3 is 0 Å². The van der Waals surface area contributed by atoms with Gasteiger partial charge in [0.2, 0.25) is 5.95 Å². The summed E-state index contributed by atoms with van der Waals surface area (Å²) in [5.41, 5.74) is 5.05. The standard InChI is InChI=1S/C8H5F3N4/c9-4-1-6(11)7(2-5(4)10)15-8(12)13-3-14-15/h1-3H,(H2,12,13,14). The first-order chi connectivity index (χ1) is 7.09. The van der Waals surface area contributed by atoms with Crippen LogP contribution in [0, 0.1) is 17.5 Å². The van der Waals surface area contributed by atoms with E-state index in [1.165, 1.54) is 0 Å². The van der Waals surface area contributed by atoms with E-state index in [0.717, 1.165) is 11.0 Å². The summed E-state index contributed by atoms with van der Waals surface area (Å²) < 4.78 is 39.5. The van der Waals surface area contributed by atoms with E-state index < -0.39 is 17.5 Å². The van der Waals surface area contributed by atoms with Crippen LogP contribution in [0.25, 0.3) is 5.69 Å². The van der Waals surface area contributed by atoms with Gasteiger partial charge in [-0.2, -0.15) is 14.8 Å². The second-order valence-electron chi connectivity index (χ2n) is 2.75. The molecule has 7 heteroatoms. The molecule has 0 saturated carbocycles. The Morgan fingerprint density at radius 3 is 2.33 bits per heavy atom. The summed E-state index contributed by atoms with van der Waals surface area (Å²) in [5.74, 6) is -3.53. The molecule has 4 nitrogen and oxygen atoms in total. The van der Waals surface area contributed by atoms with Crippen LogP contribution in [0.2, 0.25) is 0 Å². The summed E-state index contributed by atoms with van der Waals surface area (Å²) in [4.78, 5) is 3.53. The first-order valence-corrected chi connectivity index (χ1v) is 3.90. The molecule has 1 aromatic carbocycles. The first-order valence-electron chi connectivity index (χ1n) is 3.90. The third-order valence-corrected chi connectivity index (χ3v) is 1.79. The maximum atomic E-state index is 13.2. The largest absolute Gasteiger partial charge is 0.368 e. The Bertz CT molecular complexity index is 509. The Morgan fingerprint density at radius 1 is 1.07 bits per heavy atom. The van der Waals surface area contributed by atoms with E-state index in [4.69, 9.17) is 5.73 Å². The quantitative estimate of drug-likeness (QED) is 0.727. The molecule has 0 atom stereocenters. The average Bonchev–Trinajstić information content (AvgIpc) is 2.58. The SMILES string of the molecule is Nc1ncnn1-c1cc(F)c(F)cc1F. The summed E-state index contributed by atoms with van der Waals surface area (Å²) in [5, 5.41) is 3.57. The lowest BCUT2D eigenvalue weighted by molar-refractivity contribution is 0.491. The summed E-state index contributed by atoms with van der Waals surface area (Å²) in [6, 6.07) is 1.08. The van der Waals surface area contributed by atoms with Crippen LogP contribution in [0.1, 0.15) is 0 Å². The number of benzene rings is 1. The highest BCUT2D eigenvalue weighted by Gasteiger charge is 2.13. The Kier molecular flexibility index (Phi) is 2.07. The molecule has 1 heterocycles. The van der Waals surface area contributed by atoms with Crippen molar-refractivity contribution < 1.29 is 13.2 Å². The minimum Gasteiger partial charge on any atom is -0.368 e. The van der Waals surface area contributed by atoms with Crippen molar-refractivity contribution in [1.29, 1.82) is 0 Å². The van der Waals surface area contributed by atoms with Gasteiger partial charge in [-0.3, -0.25) is 0 Å². The van der Waals surface area contributed by atoms with Crippen molar-refractivity contribution in [3.05, 3.63) is 35.9 Å². The lowest BCUT2D eigenvalue weighted by Crippen LogP contribution is -2.06. The van der Waals surface area contributed by atoms with Gasteiger partial charge in [0.05, 0.1) is 0 Å². The molecule has 2 N–H and O–H groups in total. The second kappa shape index (κ2) is 3.26. The smallest absolute Gasteiger partial charge is 0.223 e. The lowest BCUT2D eigenvalue weighted by Gasteiger charge is -2.04. The van der Waals surface area contributed by atoms with Crippen LogP contribution in [-0.4, -0.2) is 14.8 Å². The number of hydrogen-bond acceptors (Lipinski definition) is 3. The molecule has 0 radical (unpaired) electrons. The monoisotopic (exact) mass is 214 g/mol. The van der Waals surface area contributed by atoms with Gasteiger partial charge < -0.3 is 5.73 Å². The highest BCUT2D eigenvalue weighted by Crippen LogP contribution is 2.18. The van der Waals surface area contributed by atoms with E-state index in [1.54, 1.807) is 0 Å². The van der Waals surface area contributed by atoms with Crippen molar-refractivity contribution >= 4 is 5.95 Å². The molecule has 0 unspecified atom stereocenters. The summed E-state index contributed by atoms with van der Waals surface area (Å²) in [6.45, 7) is 0. The zero-order valence-corrected chi connectivity index (χ0v) is 7.28. The fourth-order valence-corrected chi connectivity index (χ4v) is 1.11. The number of aromatic nitrogens is 3. The molecule has 1 aromatic heterocycles. The molecule has 0 aliphatic heterocycles. The van der Waals surface area contributed by atoms with E-state index in [2.05, 4.69) is 10.1 Å². The van der Waals surface area contributed by atoms with Crippen molar-refractivity contribution in [1.82, 2.24) is 14.8 Å². The number of nitrogens with zero attached hydrogens (tertiary/aromatic N) is 3. The van der Waals surface area contributed by atoms with Gasteiger partial charge in [0.25, 0.3) is 0 Å². The van der Waals surface area contributed by atoms with Crippen molar-refractivity contribution in [3.63, 3.8) is 0 Å². The summed E-state index contributed by atoms with van der Waals surface area (Å²) >= 11 is 0. The Balaban J connectivity index is 2.64. The molecule has 0 spiro atoms. The van der Waals surface area contributed by atoms with Crippen molar-refractivity contribution in [2.24, 2.45) is 0 Å². The van der Waals surface area contributed by atoms with Crippen molar-refractivity contribution in [3.8, 4) is 5.69 Å². The van der Waals surface area contributed by atoms with Gasteiger partial charge in [-0.05, 0) is 0 Å². The van der Waals surface area contributed by atoms with Crippen LogP contribution in [-0.2, 0) is 0 Å². The normalized spacial score (nSPS) is 10.6. The van der Waals surface area contributed by atoms with Crippen LogP contribution in [0.5, 0.6) is 0 Å². The van der Waals surface area contributed by atoms with Gasteiger partial charge in [-0.25, -0.2) is 13.2 Å². The van der Waals surface area contributed by atoms with E-state index in [-0.39, 0.29) is 11.6 Å². The molecule has 78 valence electrons. The molecule has 2 aromatic rings. The maximum absolute atomic E-state index is 13.2. The number of anilines is 1. The number of nitrogens with two attached hydrogens (primary N) is 1. The molecular weight excluding hydrogens is 209 g/mol. The van der Waals surface area contributed by atoms with Crippen LogP contribution < -0.4 is 5.73 Å². The van der Waals surface area contributed by atoms with Gasteiger partial charge in [-0.15, -0.1) is 0 Å². The number of halogens is 3. The second-order valence-corrected chi connectivity index (χ2v) is 2.75. The molecule has 0 amide bonds. The van der Waals surface area contributed by atoms with Crippen LogP contribution >= 0.6 is 0 Å². The van der Waals surface area contributed by atoms with E-state index in [0.29, 0.717) is 12.1 Å². The average molecular weight is 214 g/mol. The van der Waals surface area contributed by atoms with E-state index >= 15 is 0 Å². The maximum Gasteiger partial charge on any atom is 0.223 e. The summed E-state index contributed by atoms with van der Waals surface area (Å²) in [7, 11) is 0. The van der Waals surface area contributed by atoms with Crippen molar-refractivity contribution in [2.45, 2.75) is 0 Å². The van der Waals surface area contributed by atoms with Crippen LogP contribution in [0.4, 0.5) is 19.1 Å². The molecule has 0 aliphatic rings. The molecule has 15 heavy (non-hydrogen) atoms. The predicted octanol–water partition coefficient (Wildman–Crippen LogP) is 1.27. The Labute approximate surface area is 82.2 Å². The molecule has 0 bridgehead atoms. The first kappa shape index (κ1) is 9.50. The molecule has 0 saturated heterocycles. The third-order valence-electron chi connectivity index (χ3n) is 1.79. The van der Waals surface area contributed by atoms with Gasteiger partial charge in [0.1, 0.15) is 12.0 Å². The van der Waals surface area contributed by atoms with Gasteiger partial charge in [-0.1, -0.05) is 0 Å². The van der Waals surface area contributed by atoms with Gasteiger partial charge in [0, 0.05) is 12.1 Å². The minimum absolute atomic E-state index is 0.111. The van der Waals surface area contributed by atoms with Crippen molar-refractivity contribution in [2.75, 3.05) is 5.73 Å². The highest BCUT2D eigenvalue weighted by atomic mass is 19.2. The van der Waals surface area contributed by atoms with Crippen LogP contribution in [0.15, 0.2) is 18.5 Å². The molecular formula is C8H5F3N4. The fraction of sp³-hybridized carbons (Fsp3) is 0. The van der Waals surface area contributed by atoms with Gasteiger partial charge in [0.15, 0.2) is 17.5 Å². The Morgan fingerprint density at radius 2 is 1.73 bits per heavy atom. The molecule has 0 fully saturated rings. The lowest BCUT2D eigenvalue weighted by atomic mass is 10.3. The minimum atomic E-state index is -1.27. The summed E-state index contributed by atoms with van der Waals surface area (Å²) in [6.07, 6.45) is 1.08. The number of nitrogen functional groups attached to an aromatic ring is 1. The predicted molar refractivity (Wildman–Crippen MR) is 45.6 cm³/mol. The zero-order valence-electron chi connectivity index (χ0n) is 7.28. The number of hydrogen-bond donors (Lipinski definition) is 1. The zero-order chi connectivity index (χ0) is 11.0. The highest BCUT2D eigenvalue weighted by molar-refractivity contribution is 5.38. The van der Waals surface area contributed by atoms with Crippen LogP contribution in [0.3, 0.4) is 0 Å². The van der Waals surface area contributed by atoms with E-state index in [9.17, 15) is 13.2 Å².